The molecular weight excluding hydrogens is 536 g/mol. The number of nitrogens with two attached hydrogens (primary N) is 1. The van der Waals surface area contributed by atoms with Crippen LogP contribution in [0.5, 0.6) is 0 Å². The lowest BCUT2D eigenvalue weighted by Crippen LogP contribution is -2.40. The second-order valence-corrected chi connectivity index (χ2v) is 11.3. The third-order valence-corrected chi connectivity index (χ3v) is 8.15. The normalized spacial score (nSPS) is 31.2. The number of carbonyl (C=O) groups is 1. The Balaban J connectivity index is 0.000000155. The summed E-state index contributed by atoms with van der Waals surface area (Å²) in [6, 6.07) is 16.9. The number of hydrogen-bond donors (Lipinski definition) is 3. The molecule has 4 atom stereocenters. The van der Waals surface area contributed by atoms with Crippen LogP contribution in [0.25, 0.3) is 0 Å². The molecule has 5 nitrogen and oxygen atoms in total. The standard InChI is InChI=1S/C13H14BrNO2.C12H16BrNO/c14-11-3-1-9(2-4-11)10-5-6-13(7-10)8-17-12(16)15-13;13-11-3-1-9(2-4-11)10-5-6-12(14,7-10)8-15/h1-4,10H,5-8H2,(H,15,16);1-4,10,15H,5-8,14H2/t10-,13-;10-,12-/m11/s1. The molecule has 1 heterocycles. The van der Waals surface area contributed by atoms with Gasteiger partial charge in [0.15, 0.2) is 0 Å². The lowest BCUT2D eigenvalue weighted by atomic mass is 9.93. The highest BCUT2D eigenvalue weighted by Gasteiger charge is 2.45. The fourth-order valence-corrected chi connectivity index (χ4v) is 5.73. The summed E-state index contributed by atoms with van der Waals surface area (Å²) < 4.78 is 7.24. The molecule has 7 heteroatoms. The van der Waals surface area contributed by atoms with Crippen LogP contribution < -0.4 is 11.1 Å². The van der Waals surface area contributed by atoms with Gasteiger partial charge in [-0.05, 0) is 85.8 Å². The van der Waals surface area contributed by atoms with Gasteiger partial charge in [-0.1, -0.05) is 56.1 Å². The number of halogens is 2. The van der Waals surface area contributed by atoms with Gasteiger partial charge in [0.05, 0.1) is 12.1 Å². The van der Waals surface area contributed by atoms with E-state index in [1.54, 1.807) is 0 Å². The van der Waals surface area contributed by atoms with Gasteiger partial charge in [0.25, 0.3) is 0 Å². The van der Waals surface area contributed by atoms with E-state index in [-0.39, 0.29) is 23.8 Å². The predicted octanol–water partition coefficient (Wildman–Crippen LogP) is 5.60. The summed E-state index contributed by atoms with van der Waals surface area (Å²) >= 11 is 6.87. The molecule has 0 aromatic heterocycles. The Labute approximate surface area is 206 Å². The van der Waals surface area contributed by atoms with Crippen LogP contribution in [0.4, 0.5) is 4.79 Å². The Hall–Kier alpha value is -1.41. The molecule has 2 aromatic carbocycles. The van der Waals surface area contributed by atoms with E-state index in [2.05, 4.69) is 85.7 Å². The van der Waals surface area contributed by atoms with E-state index >= 15 is 0 Å². The molecule has 2 saturated carbocycles. The van der Waals surface area contributed by atoms with Crippen molar-refractivity contribution in [1.82, 2.24) is 5.32 Å². The minimum atomic E-state index is -0.349. The van der Waals surface area contributed by atoms with Crippen molar-refractivity contribution in [3.63, 3.8) is 0 Å². The average molecular weight is 566 g/mol. The quantitative estimate of drug-likeness (QED) is 0.452. The Morgan fingerprint density at radius 3 is 1.94 bits per heavy atom. The Bertz CT molecular complexity index is 937. The molecule has 5 rings (SSSR count). The van der Waals surface area contributed by atoms with E-state index in [0.717, 1.165) is 47.5 Å². The van der Waals surface area contributed by atoms with Gasteiger partial charge < -0.3 is 20.9 Å². The van der Waals surface area contributed by atoms with E-state index in [1.165, 1.54) is 11.1 Å². The SMILES string of the molecule is N[C@]1(CO)CC[C@@H](c2ccc(Br)cc2)C1.O=C1N[C@@]2(CC[C@@H](c3ccc(Br)cc3)C2)CO1. The molecule has 1 saturated heterocycles. The van der Waals surface area contributed by atoms with Crippen LogP contribution >= 0.6 is 31.9 Å². The molecule has 2 aliphatic carbocycles. The van der Waals surface area contributed by atoms with E-state index < -0.39 is 0 Å². The van der Waals surface area contributed by atoms with E-state index in [4.69, 9.17) is 10.5 Å². The number of amides is 1. The molecule has 32 heavy (non-hydrogen) atoms. The maximum atomic E-state index is 11.2. The minimum Gasteiger partial charge on any atom is -0.447 e. The third-order valence-electron chi connectivity index (χ3n) is 7.10. The predicted molar refractivity (Wildman–Crippen MR) is 133 cm³/mol. The van der Waals surface area contributed by atoms with Gasteiger partial charge in [-0.25, -0.2) is 4.79 Å². The molecule has 0 radical (unpaired) electrons. The molecule has 172 valence electrons. The maximum absolute atomic E-state index is 11.2. The fourth-order valence-electron chi connectivity index (χ4n) is 5.20. The van der Waals surface area contributed by atoms with Crippen molar-refractivity contribution in [2.45, 2.75) is 61.4 Å². The van der Waals surface area contributed by atoms with Crippen LogP contribution in [0.3, 0.4) is 0 Å². The number of benzene rings is 2. The summed E-state index contributed by atoms with van der Waals surface area (Å²) in [6.07, 6.45) is 5.75. The van der Waals surface area contributed by atoms with Gasteiger partial charge >= 0.3 is 6.09 Å². The monoisotopic (exact) mass is 564 g/mol. The fraction of sp³-hybridized carbons (Fsp3) is 0.480. The number of aliphatic hydroxyl groups is 1. The highest BCUT2D eigenvalue weighted by atomic mass is 79.9. The van der Waals surface area contributed by atoms with E-state index in [9.17, 15) is 9.90 Å². The summed E-state index contributed by atoms with van der Waals surface area (Å²) in [4.78, 5) is 11.2. The first-order valence-electron chi connectivity index (χ1n) is 11.2. The molecule has 1 spiro atoms. The number of hydrogen-bond acceptors (Lipinski definition) is 4. The summed E-state index contributed by atoms with van der Waals surface area (Å²) in [5.74, 6) is 1.04. The van der Waals surface area contributed by atoms with Crippen molar-refractivity contribution in [2.75, 3.05) is 13.2 Å². The summed E-state index contributed by atoms with van der Waals surface area (Å²) in [7, 11) is 0. The molecule has 3 fully saturated rings. The number of rotatable bonds is 3. The van der Waals surface area contributed by atoms with Gasteiger partial charge in [-0.15, -0.1) is 0 Å². The van der Waals surface area contributed by atoms with Crippen molar-refractivity contribution < 1.29 is 14.6 Å². The van der Waals surface area contributed by atoms with Crippen LogP contribution in [0.15, 0.2) is 57.5 Å². The first kappa shape index (κ1) is 23.7. The van der Waals surface area contributed by atoms with Crippen LogP contribution in [-0.4, -0.2) is 35.5 Å². The van der Waals surface area contributed by atoms with Crippen molar-refractivity contribution in [3.05, 3.63) is 68.6 Å². The van der Waals surface area contributed by atoms with Crippen molar-refractivity contribution in [3.8, 4) is 0 Å². The molecule has 1 amide bonds. The first-order valence-corrected chi connectivity index (χ1v) is 12.7. The maximum Gasteiger partial charge on any atom is 0.407 e. The van der Waals surface area contributed by atoms with Gasteiger partial charge in [-0.3, -0.25) is 0 Å². The van der Waals surface area contributed by atoms with Gasteiger partial charge in [-0.2, -0.15) is 0 Å². The topological polar surface area (TPSA) is 84.6 Å². The summed E-state index contributed by atoms with van der Waals surface area (Å²) in [5.41, 5.74) is 8.29. The van der Waals surface area contributed by atoms with Gasteiger partial charge in [0, 0.05) is 14.5 Å². The lowest BCUT2D eigenvalue weighted by molar-refractivity contribution is 0.172. The number of nitrogens with one attached hydrogen (secondary N) is 1. The van der Waals surface area contributed by atoms with Crippen molar-refractivity contribution >= 4 is 38.0 Å². The second kappa shape index (κ2) is 9.84. The second-order valence-electron chi connectivity index (χ2n) is 9.48. The van der Waals surface area contributed by atoms with Crippen LogP contribution in [0.2, 0.25) is 0 Å². The first-order chi connectivity index (χ1) is 15.3. The van der Waals surface area contributed by atoms with Crippen LogP contribution in [-0.2, 0) is 4.74 Å². The minimum absolute atomic E-state index is 0.0973. The number of carbonyl (C=O) groups excluding carboxylic acids is 1. The third kappa shape index (κ3) is 5.56. The zero-order valence-corrected chi connectivity index (χ0v) is 21.2. The van der Waals surface area contributed by atoms with Gasteiger partial charge in [0.1, 0.15) is 6.61 Å². The summed E-state index contributed by atoms with van der Waals surface area (Å²) in [6.45, 7) is 0.624. The zero-order valence-electron chi connectivity index (χ0n) is 18.0. The number of aliphatic hydroxyl groups excluding tert-OH is 1. The van der Waals surface area contributed by atoms with Crippen molar-refractivity contribution in [1.29, 1.82) is 0 Å². The smallest absolute Gasteiger partial charge is 0.407 e. The van der Waals surface area contributed by atoms with Crippen LogP contribution in [0.1, 0.15) is 61.5 Å². The Morgan fingerprint density at radius 1 is 0.938 bits per heavy atom. The number of ether oxygens (including phenoxy) is 1. The largest absolute Gasteiger partial charge is 0.447 e. The Morgan fingerprint density at radius 2 is 1.47 bits per heavy atom. The molecule has 4 N–H and O–H groups in total. The molecule has 2 aromatic rings. The van der Waals surface area contributed by atoms with Crippen molar-refractivity contribution in [2.24, 2.45) is 5.73 Å². The molecule has 1 aliphatic heterocycles. The molecular formula is C25H30Br2N2O3. The molecule has 0 bridgehead atoms. The average Bonchev–Trinajstić information content (AvgIpc) is 3.49. The zero-order chi connectivity index (χ0) is 22.8. The highest BCUT2D eigenvalue weighted by Crippen LogP contribution is 2.43. The number of cyclic esters (lactones) is 1. The van der Waals surface area contributed by atoms with E-state index in [1.807, 2.05) is 0 Å². The molecule has 0 unspecified atom stereocenters. The highest BCUT2D eigenvalue weighted by molar-refractivity contribution is 9.10. The summed E-state index contributed by atoms with van der Waals surface area (Å²) in [5, 5.41) is 12.2. The lowest BCUT2D eigenvalue weighted by Gasteiger charge is -2.20. The van der Waals surface area contributed by atoms with E-state index in [0.29, 0.717) is 18.4 Å². The van der Waals surface area contributed by atoms with Gasteiger partial charge in [0.2, 0.25) is 0 Å². The number of alkyl carbamates (subject to hydrolysis) is 1. The molecule has 3 aliphatic rings. The Kier molecular flexibility index (Phi) is 7.30. The van der Waals surface area contributed by atoms with Crippen LogP contribution in [0, 0.1) is 0 Å².